The molecule has 1 aliphatic rings. The molecule has 0 bridgehead atoms. The Bertz CT molecular complexity index is 953. The molecular formula is C20H20N4O4. The Balaban J connectivity index is 1.58. The summed E-state index contributed by atoms with van der Waals surface area (Å²) in [5.74, 6) is 1.43. The number of rotatable bonds is 5. The summed E-state index contributed by atoms with van der Waals surface area (Å²) in [7, 11) is 1.58. The SMILES string of the molecule is COc1ccc(OC(=O)NC2CCCC2)cc1-c1cncc(-c2nnco2)c1. The second kappa shape index (κ2) is 8.08. The molecule has 0 aliphatic heterocycles. The van der Waals surface area contributed by atoms with Crippen LogP contribution in [0, 0.1) is 0 Å². The largest absolute Gasteiger partial charge is 0.496 e. The molecular weight excluding hydrogens is 360 g/mol. The maximum Gasteiger partial charge on any atom is 0.412 e. The summed E-state index contributed by atoms with van der Waals surface area (Å²) in [5.41, 5.74) is 2.19. The van der Waals surface area contributed by atoms with Crippen molar-refractivity contribution in [1.29, 1.82) is 0 Å². The van der Waals surface area contributed by atoms with Crippen LogP contribution in [0.4, 0.5) is 4.79 Å². The smallest absolute Gasteiger partial charge is 0.412 e. The number of nitrogens with one attached hydrogen (secondary N) is 1. The highest BCUT2D eigenvalue weighted by molar-refractivity contribution is 5.76. The number of hydrogen-bond donors (Lipinski definition) is 1. The maximum atomic E-state index is 12.2. The lowest BCUT2D eigenvalue weighted by molar-refractivity contribution is 0.196. The molecule has 1 aliphatic carbocycles. The quantitative estimate of drug-likeness (QED) is 0.718. The van der Waals surface area contributed by atoms with E-state index in [0.29, 0.717) is 23.0 Å². The van der Waals surface area contributed by atoms with Gasteiger partial charge in [-0.2, -0.15) is 0 Å². The monoisotopic (exact) mass is 380 g/mol. The molecule has 144 valence electrons. The van der Waals surface area contributed by atoms with Gasteiger partial charge >= 0.3 is 6.09 Å². The normalized spacial score (nSPS) is 14.0. The van der Waals surface area contributed by atoms with Crippen molar-refractivity contribution in [2.45, 2.75) is 31.7 Å². The zero-order chi connectivity index (χ0) is 19.3. The van der Waals surface area contributed by atoms with Crippen LogP contribution in [-0.2, 0) is 0 Å². The van der Waals surface area contributed by atoms with Crippen LogP contribution >= 0.6 is 0 Å². The van der Waals surface area contributed by atoms with Gasteiger partial charge in [0.15, 0.2) is 0 Å². The first-order valence-corrected chi connectivity index (χ1v) is 9.11. The molecule has 4 rings (SSSR count). The van der Waals surface area contributed by atoms with Gasteiger partial charge in [-0.15, -0.1) is 10.2 Å². The highest BCUT2D eigenvalue weighted by Crippen LogP contribution is 2.34. The molecule has 0 unspecified atom stereocenters. The maximum absolute atomic E-state index is 12.2. The molecule has 0 radical (unpaired) electrons. The van der Waals surface area contributed by atoms with Gasteiger partial charge in [-0.25, -0.2) is 4.79 Å². The van der Waals surface area contributed by atoms with Crippen molar-refractivity contribution < 1.29 is 18.7 Å². The summed E-state index contributed by atoms with van der Waals surface area (Å²) in [4.78, 5) is 16.4. The first-order chi connectivity index (χ1) is 13.7. The molecule has 1 saturated carbocycles. The molecule has 28 heavy (non-hydrogen) atoms. The van der Waals surface area contributed by atoms with Crippen LogP contribution in [0.25, 0.3) is 22.6 Å². The van der Waals surface area contributed by atoms with Crippen LogP contribution in [0.1, 0.15) is 25.7 Å². The number of amides is 1. The van der Waals surface area contributed by atoms with Crippen LogP contribution in [0.2, 0.25) is 0 Å². The Morgan fingerprint density at radius 2 is 2.00 bits per heavy atom. The van der Waals surface area contributed by atoms with Gasteiger partial charge in [-0.3, -0.25) is 4.98 Å². The van der Waals surface area contributed by atoms with Crippen molar-refractivity contribution in [2.75, 3.05) is 7.11 Å². The number of hydrogen-bond acceptors (Lipinski definition) is 7. The molecule has 8 nitrogen and oxygen atoms in total. The van der Waals surface area contributed by atoms with Gasteiger partial charge in [0, 0.05) is 29.6 Å². The molecule has 3 aromatic rings. The summed E-state index contributed by atoms with van der Waals surface area (Å²) >= 11 is 0. The number of nitrogens with zero attached hydrogens (tertiary/aromatic N) is 3. The lowest BCUT2D eigenvalue weighted by atomic mass is 10.0. The van der Waals surface area contributed by atoms with Crippen LogP contribution in [-0.4, -0.2) is 34.4 Å². The van der Waals surface area contributed by atoms with Crippen molar-refractivity contribution in [2.24, 2.45) is 0 Å². The van der Waals surface area contributed by atoms with Gasteiger partial charge in [0.2, 0.25) is 12.3 Å². The molecule has 1 aromatic carbocycles. The minimum absolute atomic E-state index is 0.195. The van der Waals surface area contributed by atoms with E-state index in [2.05, 4.69) is 20.5 Å². The van der Waals surface area contributed by atoms with Crippen molar-refractivity contribution in [3.05, 3.63) is 43.1 Å². The molecule has 1 N–H and O–H groups in total. The van der Waals surface area contributed by atoms with Gasteiger partial charge in [-0.1, -0.05) is 12.8 Å². The molecule has 1 fully saturated rings. The Kier molecular flexibility index (Phi) is 5.18. The van der Waals surface area contributed by atoms with Crippen LogP contribution in [0.15, 0.2) is 47.5 Å². The molecule has 0 spiro atoms. The van der Waals surface area contributed by atoms with Gasteiger partial charge < -0.3 is 19.2 Å². The number of carbonyl (C=O) groups excluding carboxylic acids is 1. The summed E-state index contributed by atoms with van der Waals surface area (Å²) in [6.07, 6.45) is 8.43. The molecule has 2 aromatic heterocycles. The lowest BCUT2D eigenvalue weighted by Gasteiger charge is -2.14. The first-order valence-electron chi connectivity index (χ1n) is 9.11. The van der Waals surface area contributed by atoms with E-state index in [1.54, 1.807) is 37.7 Å². The van der Waals surface area contributed by atoms with Gasteiger partial charge in [0.25, 0.3) is 0 Å². The summed E-state index contributed by atoms with van der Waals surface area (Å²) in [5, 5.41) is 10.5. The molecule has 0 saturated heterocycles. The average molecular weight is 380 g/mol. The minimum Gasteiger partial charge on any atom is -0.496 e. The third-order valence-corrected chi connectivity index (χ3v) is 4.71. The number of methoxy groups -OCH3 is 1. The highest BCUT2D eigenvalue weighted by Gasteiger charge is 2.19. The van der Waals surface area contributed by atoms with E-state index in [1.165, 1.54) is 6.39 Å². The third kappa shape index (κ3) is 3.95. The Hall–Kier alpha value is -3.42. The van der Waals surface area contributed by atoms with E-state index in [9.17, 15) is 4.79 Å². The third-order valence-electron chi connectivity index (χ3n) is 4.71. The van der Waals surface area contributed by atoms with Crippen molar-refractivity contribution >= 4 is 6.09 Å². The topological polar surface area (TPSA) is 99.4 Å². The average Bonchev–Trinajstić information content (AvgIpc) is 3.42. The summed E-state index contributed by atoms with van der Waals surface area (Å²) in [6, 6.07) is 7.27. The Morgan fingerprint density at radius 3 is 2.75 bits per heavy atom. The van der Waals surface area contributed by atoms with Crippen LogP contribution < -0.4 is 14.8 Å². The fourth-order valence-corrected chi connectivity index (χ4v) is 3.35. The lowest BCUT2D eigenvalue weighted by Crippen LogP contribution is -2.34. The van der Waals surface area contributed by atoms with E-state index in [0.717, 1.165) is 36.8 Å². The van der Waals surface area contributed by atoms with E-state index in [-0.39, 0.29) is 6.04 Å². The van der Waals surface area contributed by atoms with E-state index in [4.69, 9.17) is 13.9 Å². The fourth-order valence-electron chi connectivity index (χ4n) is 3.35. The van der Waals surface area contributed by atoms with Crippen molar-refractivity contribution in [3.63, 3.8) is 0 Å². The second-order valence-electron chi connectivity index (χ2n) is 6.58. The zero-order valence-corrected chi connectivity index (χ0v) is 15.4. The van der Waals surface area contributed by atoms with Crippen molar-refractivity contribution in [3.8, 4) is 34.1 Å². The van der Waals surface area contributed by atoms with Gasteiger partial charge in [-0.05, 0) is 37.1 Å². The zero-order valence-electron chi connectivity index (χ0n) is 15.4. The second-order valence-corrected chi connectivity index (χ2v) is 6.58. The predicted molar refractivity (Wildman–Crippen MR) is 101 cm³/mol. The summed E-state index contributed by atoms with van der Waals surface area (Å²) in [6.45, 7) is 0. The van der Waals surface area contributed by atoms with Gasteiger partial charge in [0.1, 0.15) is 11.5 Å². The number of benzene rings is 1. The number of ether oxygens (including phenoxy) is 2. The Morgan fingerprint density at radius 1 is 1.18 bits per heavy atom. The summed E-state index contributed by atoms with van der Waals surface area (Å²) < 4.78 is 16.2. The molecule has 0 atom stereocenters. The number of carbonyl (C=O) groups is 1. The predicted octanol–water partition coefficient (Wildman–Crippen LogP) is 3.84. The van der Waals surface area contributed by atoms with Crippen LogP contribution in [0.5, 0.6) is 11.5 Å². The number of aromatic nitrogens is 3. The van der Waals surface area contributed by atoms with Gasteiger partial charge in [0.05, 0.1) is 12.7 Å². The standard InChI is InChI=1S/C20H20N4O4/c1-26-18-7-6-16(28-20(25)23-15-4-2-3-5-15)9-17(18)13-8-14(11-21-10-13)19-24-22-12-27-19/h6-12,15H,2-5H2,1H3,(H,23,25). The van der Waals surface area contributed by atoms with E-state index >= 15 is 0 Å². The van der Waals surface area contributed by atoms with Crippen molar-refractivity contribution in [1.82, 2.24) is 20.5 Å². The minimum atomic E-state index is -0.444. The molecule has 1 amide bonds. The first kappa shape index (κ1) is 18.0. The Labute approximate surface area is 161 Å². The van der Waals surface area contributed by atoms with E-state index in [1.807, 2.05) is 6.07 Å². The highest BCUT2D eigenvalue weighted by atomic mass is 16.6. The van der Waals surface area contributed by atoms with E-state index < -0.39 is 6.09 Å². The fraction of sp³-hybridized carbons (Fsp3) is 0.300. The molecule has 2 heterocycles. The van der Waals surface area contributed by atoms with Crippen LogP contribution in [0.3, 0.4) is 0 Å². The molecule has 8 heteroatoms. The number of pyridine rings is 1.